The zero-order chi connectivity index (χ0) is 9.14. The summed E-state index contributed by atoms with van der Waals surface area (Å²) in [5, 5.41) is 0. The molecule has 0 aromatic carbocycles. The van der Waals surface area contributed by atoms with Crippen LogP contribution in [-0.4, -0.2) is 4.98 Å². The second-order valence-corrected chi connectivity index (χ2v) is 2.81. The predicted molar refractivity (Wildman–Crippen MR) is 42.9 cm³/mol. The van der Waals surface area contributed by atoms with Gasteiger partial charge in [0.2, 0.25) is 5.95 Å². The van der Waals surface area contributed by atoms with Crippen molar-refractivity contribution in [3.63, 3.8) is 0 Å². The summed E-state index contributed by atoms with van der Waals surface area (Å²) in [6.07, 6.45) is 2.08. The molecule has 0 N–H and O–H groups in total. The van der Waals surface area contributed by atoms with Gasteiger partial charge in [-0.3, -0.25) is 0 Å². The zero-order valence-electron chi connectivity index (χ0n) is 7.14. The summed E-state index contributed by atoms with van der Waals surface area (Å²) < 4.78 is 25.6. The molecule has 0 spiro atoms. The van der Waals surface area contributed by atoms with Crippen LogP contribution < -0.4 is 0 Å². The maximum absolute atomic E-state index is 13.0. The monoisotopic (exact) mass is 171 g/mol. The fourth-order valence-electron chi connectivity index (χ4n) is 1.03. The standard InChI is InChI=1S/C9H11F2N/c1-3-6(2)7-4-5-12-9(11)8(7)10/h4-6H,3H2,1-2H3. The number of aromatic nitrogens is 1. The lowest BCUT2D eigenvalue weighted by Crippen LogP contribution is -2.00. The predicted octanol–water partition coefficient (Wildman–Crippen LogP) is 2.87. The number of rotatable bonds is 2. The third-order valence-electron chi connectivity index (χ3n) is 2.02. The van der Waals surface area contributed by atoms with Crippen molar-refractivity contribution in [1.82, 2.24) is 4.98 Å². The van der Waals surface area contributed by atoms with Crippen molar-refractivity contribution >= 4 is 0 Å². The van der Waals surface area contributed by atoms with Crippen molar-refractivity contribution in [3.05, 3.63) is 29.6 Å². The molecule has 3 heteroatoms. The van der Waals surface area contributed by atoms with Crippen molar-refractivity contribution in [1.29, 1.82) is 0 Å². The second kappa shape index (κ2) is 3.61. The van der Waals surface area contributed by atoms with E-state index in [2.05, 4.69) is 4.98 Å². The molecule has 0 bridgehead atoms. The van der Waals surface area contributed by atoms with Crippen LogP contribution in [0.15, 0.2) is 12.3 Å². The minimum absolute atomic E-state index is 0.0440. The molecule has 1 aromatic heterocycles. The smallest absolute Gasteiger partial charge is 0.226 e. The van der Waals surface area contributed by atoms with E-state index >= 15 is 0 Å². The van der Waals surface area contributed by atoms with E-state index in [1.807, 2.05) is 13.8 Å². The molecule has 0 fully saturated rings. The van der Waals surface area contributed by atoms with E-state index in [4.69, 9.17) is 0 Å². The summed E-state index contributed by atoms with van der Waals surface area (Å²) in [7, 11) is 0. The van der Waals surface area contributed by atoms with Crippen LogP contribution >= 0.6 is 0 Å². The van der Waals surface area contributed by atoms with Gasteiger partial charge in [-0.2, -0.15) is 4.39 Å². The van der Waals surface area contributed by atoms with Crippen LogP contribution in [0.25, 0.3) is 0 Å². The van der Waals surface area contributed by atoms with Crippen LogP contribution in [0, 0.1) is 11.8 Å². The molecule has 1 unspecified atom stereocenters. The Morgan fingerprint density at radius 1 is 1.50 bits per heavy atom. The summed E-state index contributed by atoms with van der Waals surface area (Å²) in [5.41, 5.74) is 0.407. The Bertz CT molecular complexity index is 273. The summed E-state index contributed by atoms with van der Waals surface area (Å²) >= 11 is 0. The van der Waals surface area contributed by atoms with E-state index in [-0.39, 0.29) is 5.92 Å². The minimum Gasteiger partial charge on any atom is -0.226 e. The minimum atomic E-state index is -1.01. The second-order valence-electron chi connectivity index (χ2n) is 2.81. The highest BCUT2D eigenvalue weighted by molar-refractivity contribution is 5.17. The summed E-state index contributed by atoms with van der Waals surface area (Å²) in [4.78, 5) is 3.21. The molecular formula is C9H11F2N. The number of hydrogen-bond donors (Lipinski definition) is 0. The topological polar surface area (TPSA) is 12.9 Å². The fraction of sp³-hybridized carbons (Fsp3) is 0.444. The maximum atomic E-state index is 13.0. The molecule has 0 aliphatic rings. The van der Waals surface area contributed by atoms with Gasteiger partial charge in [0.25, 0.3) is 0 Å². The molecule has 1 atom stereocenters. The highest BCUT2D eigenvalue weighted by Gasteiger charge is 2.12. The molecule has 1 heterocycles. The average molecular weight is 171 g/mol. The van der Waals surface area contributed by atoms with Crippen LogP contribution in [0.2, 0.25) is 0 Å². The zero-order valence-corrected chi connectivity index (χ0v) is 7.14. The van der Waals surface area contributed by atoms with Crippen molar-refractivity contribution in [2.45, 2.75) is 26.2 Å². The molecule has 0 radical (unpaired) electrons. The molecule has 1 aromatic rings. The Kier molecular flexibility index (Phi) is 2.74. The Labute approximate surface area is 70.4 Å². The summed E-state index contributed by atoms with van der Waals surface area (Å²) in [6, 6.07) is 1.52. The maximum Gasteiger partial charge on any atom is 0.249 e. The molecule has 12 heavy (non-hydrogen) atoms. The van der Waals surface area contributed by atoms with E-state index in [0.717, 1.165) is 6.42 Å². The van der Waals surface area contributed by atoms with Crippen LogP contribution in [0.5, 0.6) is 0 Å². The fourth-order valence-corrected chi connectivity index (χ4v) is 1.03. The Balaban J connectivity index is 3.07. The first-order chi connectivity index (χ1) is 5.66. The number of hydrogen-bond acceptors (Lipinski definition) is 1. The molecule has 1 nitrogen and oxygen atoms in total. The summed E-state index contributed by atoms with van der Waals surface area (Å²) in [6.45, 7) is 3.79. The van der Waals surface area contributed by atoms with E-state index in [1.54, 1.807) is 0 Å². The molecule has 0 saturated heterocycles. The van der Waals surface area contributed by atoms with Crippen LogP contribution in [0.4, 0.5) is 8.78 Å². The third kappa shape index (κ3) is 1.60. The van der Waals surface area contributed by atoms with Gasteiger partial charge in [-0.1, -0.05) is 13.8 Å². The molecule has 66 valence electrons. The Hall–Kier alpha value is -0.990. The van der Waals surface area contributed by atoms with E-state index in [0.29, 0.717) is 5.56 Å². The van der Waals surface area contributed by atoms with Gasteiger partial charge < -0.3 is 0 Å². The number of pyridine rings is 1. The van der Waals surface area contributed by atoms with E-state index < -0.39 is 11.8 Å². The lowest BCUT2D eigenvalue weighted by Gasteiger charge is -2.08. The Morgan fingerprint density at radius 3 is 2.75 bits per heavy atom. The van der Waals surface area contributed by atoms with Crippen molar-refractivity contribution in [2.75, 3.05) is 0 Å². The van der Waals surface area contributed by atoms with Gasteiger partial charge in [0, 0.05) is 6.20 Å². The normalized spacial score (nSPS) is 13.0. The van der Waals surface area contributed by atoms with Crippen molar-refractivity contribution < 1.29 is 8.78 Å². The van der Waals surface area contributed by atoms with Gasteiger partial charge >= 0.3 is 0 Å². The van der Waals surface area contributed by atoms with Gasteiger partial charge in [0.05, 0.1) is 0 Å². The molecule has 0 amide bonds. The van der Waals surface area contributed by atoms with E-state index in [9.17, 15) is 8.78 Å². The highest BCUT2D eigenvalue weighted by atomic mass is 19.2. The first kappa shape index (κ1) is 9.10. The average Bonchev–Trinajstić information content (AvgIpc) is 2.08. The molecule has 0 aliphatic heterocycles. The molecule has 0 aliphatic carbocycles. The lowest BCUT2D eigenvalue weighted by molar-refractivity contribution is 0.463. The molecule has 0 saturated carbocycles. The largest absolute Gasteiger partial charge is 0.249 e. The third-order valence-corrected chi connectivity index (χ3v) is 2.02. The first-order valence-corrected chi connectivity index (χ1v) is 3.96. The van der Waals surface area contributed by atoms with Gasteiger partial charge in [-0.25, -0.2) is 9.37 Å². The van der Waals surface area contributed by atoms with Gasteiger partial charge in [-0.15, -0.1) is 0 Å². The number of halogens is 2. The van der Waals surface area contributed by atoms with Crippen LogP contribution in [0.3, 0.4) is 0 Å². The van der Waals surface area contributed by atoms with Gasteiger partial charge in [0.15, 0.2) is 5.82 Å². The van der Waals surface area contributed by atoms with Gasteiger partial charge in [-0.05, 0) is 24.0 Å². The number of nitrogens with zero attached hydrogens (tertiary/aromatic N) is 1. The summed E-state index contributed by atoms with van der Waals surface area (Å²) in [5.74, 6) is -1.78. The first-order valence-electron chi connectivity index (χ1n) is 3.96. The quantitative estimate of drug-likeness (QED) is 0.623. The van der Waals surface area contributed by atoms with Crippen molar-refractivity contribution in [3.8, 4) is 0 Å². The Morgan fingerprint density at radius 2 is 2.17 bits per heavy atom. The van der Waals surface area contributed by atoms with Crippen LogP contribution in [0.1, 0.15) is 31.7 Å². The van der Waals surface area contributed by atoms with Gasteiger partial charge in [0.1, 0.15) is 0 Å². The SMILES string of the molecule is CCC(C)c1ccnc(F)c1F. The molecular weight excluding hydrogens is 160 g/mol. The van der Waals surface area contributed by atoms with Crippen LogP contribution in [-0.2, 0) is 0 Å². The highest BCUT2D eigenvalue weighted by Crippen LogP contribution is 2.21. The lowest BCUT2D eigenvalue weighted by atomic mass is 9.99. The van der Waals surface area contributed by atoms with Crippen molar-refractivity contribution in [2.24, 2.45) is 0 Å². The molecule has 1 rings (SSSR count). The van der Waals surface area contributed by atoms with E-state index in [1.165, 1.54) is 12.3 Å².